The van der Waals surface area contributed by atoms with Crippen molar-refractivity contribution in [1.29, 1.82) is 0 Å². The zero-order chi connectivity index (χ0) is 19.9. The summed E-state index contributed by atoms with van der Waals surface area (Å²) in [4.78, 5) is 12.4. The summed E-state index contributed by atoms with van der Waals surface area (Å²) in [6.45, 7) is 0.996. The van der Waals surface area contributed by atoms with E-state index in [1.165, 1.54) is 64.2 Å². The van der Waals surface area contributed by atoms with Gasteiger partial charge in [0.05, 0.1) is 0 Å². The number of nitrogens with one attached hydrogen (secondary N) is 1. The van der Waals surface area contributed by atoms with E-state index in [1.54, 1.807) is 0 Å². The number of hydrogen-bond donors (Lipinski definition) is 2. The molecule has 0 unspecified atom stereocenters. The molecule has 0 heterocycles. The molecule has 0 bridgehead atoms. The van der Waals surface area contributed by atoms with E-state index in [-0.39, 0.29) is 5.78 Å². The van der Waals surface area contributed by atoms with Crippen LogP contribution >= 0.6 is 12.6 Å². The van der Waals surface area contributed by atoms with Crippen molar-refractivity contribution in [2.24, 2.45) is 0 Å². The Kier molecular flexibility index (Phi) is 11.5. The molecular weight excluding hydrogens is 362 g/mol. The Morgan fingerprint density at radius 1 is 0.643 bits per heavy atom. The molecule has 2 rings (SSSR count). The number of rotatable bonds is 15. The van der Waals surface area contributed by atoms with Crippen molar-refractivity contribution in [2.75, 3.05) is 17.6 Å². The zero-order valence-electron chi connectivity index (χ0n) is 17.0. The highest BCUT2D eigenvalue weighted by molar-refractivity contribution is 7.80. The van der Waals surface area contributed by atoms with Crippen molar-refractivity contribution in [1.82, 2.24) is 0 Å². The van der Waals surface area contributed by atoms with Gasteiger partial charge in [-0.3, -0.25) is 4.79 Å². The molecule has 0 aliphatic rings. The quantitative estimate of drug-likeness (QED) is 0.190. The highest BCUT2D eigenvalue weighted by Crippen LogP contribution is 2.15. The molecule has 152 valence electrons. The fraction of sp³-hybridized carbons (Fsp3) is 0.480. The smallest absolute Gasteiger partial charge is 0.193 e. The molecule has 0 amide bonds. The maximum absolute atomic E-state index is 12.4. The lowest BCUT2D eigenvalue weighted by atomic mass is 10.0. The van der Waals surface area contributed by atoms with Gasteiger partial charge in [-0.05, 0) is 42.9 Å². The lowest BCUT2D eigenvalue weighted by molar-refractivity contribution is 0.103. The highest BCUT2D eigenvalue weighted by Gasteiger charge is 2.07. The van der Waals surface area contributed by atoms with E-state index in [0.29, 0.717) is 0 Å². The van der Waals surface area contributed by atoms with Crippen LogP contribution in [0.25, 0.3) is 0 Å². The highest BCUT2D eigenvalue weighted by atomic mass is 32.1. The summed E-state index contributed by atoms with van der Waals surface area (Å²) in [6.07, 6.45) is 13.3. The molecule has 2 nitrogen and oxygen atoms in total. The number of hydrogen-bond acceptors (Lipinski definition) is 3. The second kappa shape index (κ2) is 14.3. The van der Waals surface area contributed by atoms with Crippen LogP contribution in [0.2, 0.25) is 0 Å². The van der Waals surface area contributed by atoms with Gasteiger partial charge in [-0.1, -0.05) is 81.7 Å². The summed E-state index contributed by atoms with van der Waals surface area (Å²) in [5.74, 6) is 1.11. The normalized spacial score (nSPS) is 10.8. The summed E-state index contributed by atoms with van der Waals surface area (Å²) < 4.78 is 0. The second-order valence-electron chi connectivity index (χ2n) is 7.46. The van der Waals surface area contributed by atoms with E-state index in [2.05, 4.69) is 17.9 Å². The van der Waals surface area contributed by atoms with Crippen molar-refractivity contribution in [2.45, 2.75) is 64.2 Å². The van der Waals surface area contributed by atoms with Crippen molar-refractivity contribution in [3.63, 3.8) is 0 Å². The Hall–Kier alpha value is -1.74. The van der Waals surface area contributed by atoms with E-state index in [1.807, 2.05) is 54.6 Å². The number of ketones is 1. The number of thiol groups is 1. The molecular formula is C25H35NOS. The third-order valence-electron chi connectivity index (χ3n) is 5.10. The SMILES string of the molecule is O=C(c1ccccc1)c1ccc(NCCCCCCCCCCCCS)cc1. The summed E-state index contributed by atoms with van der Waals surface area (Å²) >= 11 is 4.25. The molecule has 0 atom stereocenters. The van der Waals surface area contributed by atoms with Gasteiger partial charge in [0.15, 0.2) is 5.78 Å². The maximum Gasteiger partial charge on any atom is 0.193 e. The summed E-state index contributed by atoms with van der Waals surface area (Å²) in [6, 6.07) is 17.3. The first kappa shape index (κ1) is 22.5. The van der Waals surface area contributed by atoms with E-state index in [9.17, 15) is 4.79 Å². The van der Waals surface area contributed by atoms with Crippen molar-refractivity contribution in [3.05, 3.63) is 65.7 Å². The van der Waals surface area contributed by atoms with E-state index in [0.717, 1.165) is 29.1 Å². The number of benzene rings is 2. The largest absolute Gasteiger partial charge is 0.385 e. The van der Waals surface area contributed by atoms with Crippen LogP contribution in [-0.4, -0.2) is 18.1 Å². The Labute approximate surface area is 176 Å². The Balaban J connectivity index is 1.52. The minimum Gasteiger partial charge on any atom is -0.385 e. The monoisotopic (exact) mass is 397 g/mol. The van der Waals surface area contributed by atoms with Gasteiger partial charge in [0.1, 0.15) is 0 Å². The molecule has 0 saturated carbocycles. The van der Waals surface area contributed by atoms with Crippen LogP contribution in [0.5, 0.6) is 0 Å². The standard InChI is InChI=1S/C25H35NOS/c27-25(22-14-10-9-11-15-22)23-16-18-24(19-17-23)26-20-12-7-5-3-1-2-4-6-8-13-21-28/h9-11,14-19,26,28H,1-8,12-13,20-21H2. The molecule has 28 heavy (non-hydrogen) atoms. The fourth-order valence-electron chi connectivity index (χ4n) is 3.38. The van der Waals surface area contributed by atoms with Crippen LogP contribution in [-0.2, 0) is 0 Å². The third kappa shape index (κ3) is 8.97. The molecule has 0 spiro atoms. The molecule has 2 aromatic carbocycles. The first-order valence-electron chi connectivity index (χ1n) is 10.9. The van der Waals surface area contributed by atoms with Crippen LogP contribution < -0.4 is 5.32 Å². The molecule has 0 aliphatic carbocycles. The van der Waals surface area contributed by atoms with Crippen LogP contribution in [0.1, 0.15) is 80.1 Å². The lowest BCUT2D eigenvalue weighted by Crippen LogP contribution is -2.03. The maximum atomic E-state index is 12.4. The number of anilines is 1. The summed E-state index contributed by atoms with van der Waals surface area (Å²) in [7, 11) is 0. The summed E-state index contributed by atoms with van der Waals surface area (Å²) in [5, 5.41) is 3.46. The minimum atomic E-state index is 0.0776. The van der Waals surface area contributed by atoms with E-state index < -0.39 is 0 Å². The van der Waals surface area contributed by atoms with E-state index >= 15 is 0 Å². The topological polar surface area (TPSA) is 29.1 Å². The number of carbonyl (C=O) groups is 1. The number of carbonyl (C=O) groups excluding carboxylic acids is 1. The van der Waals surface area contributed by atoms with Crippen LogP contribution in [0.3, 0.4) is 0 Å². The van der Waals surface area contributed by atoms with Gasteiger partial charge in [-0.15, -0.1) is 0 Å². The second-order valence-corrected chi connectivity index (χ2v) is 7.91. The fourth-order valence-corrected chi connectivity index (χ4v) is 3.60. The van der Waals surface area contributed by atoms with Crippen LogP contribution in [0.15, 0.2) is 54.6 Å². The molecule has 2 aromatic rings. The average molecular weight is 398 g/mol. The molecule has 3 heteroatoms. The molecule has 0 radical (unpaired) electrons. The average Bonchev–Trinajstić information content (AvgIpc) is 2.75. The first-order chi connectivity index (χ1) is 13.8. The van der Waals surface area contributed by atoms with Crippen molar-refractivity contribution >= 4 is 24.1 Å². The van der Waals surface area contributed by atoms with Crippen molar-refractivity contribution in [3.8, 4) is 0 Å². The number of unbranched alkanes of at least 4 members (excludes halogenated alkanes) is 9. The predicted molar refractivity (Wildman–Crippen MR) is 125 cm³/mol. The predicted octanol–water partition coefficient (Wildman–Crippen LogP) is 7.16. The van der Waals surface area contributed by atoms with Gasteiger partial charge in [-0.2, -0.15) is 12.6 Å². The third-order valence-corrected chi connectivity index (χ3v) is 5.41. The van der Waals surface area contributed by atoms with E-state index in [4.69, 9.17) is 0 Å². The summed E-state index contributed by atoms with van der Waals surface area (Å²) in [5.41, 5.74) is 2.56. The molecule has 0 aliphatic heterocycles. The van der Waals surface area contributed by atoms with Gasteiger partial charge in [0, 0.05) is 23.4 Å². The van der Waals surface area contributed by atoms with Gasteiger partial charge in [0.2, 0.25) is 0 Å². The lowest BCUT2D eigenvalue weighted by Gasteiger charge is -2.08. The zero-order valence-corrected chi connectivity index (χ0v) is 17.9. The first-order valence-corrected chi connectivity index (χ1v) is 11.5. The molecule has 0 saturated heterocycles. The van der Waals surface area contributed by atoms with Crippen molar-refractivity contribution < 1.29 is 4.79 Å². The van der Waals surface area contributed by atoms with Gasteiger partial charge >= 0.3 is 0 Å². The minimum absolute atomic E-state index is 0.0776. The Morgan fingerprint density at radius 2 is 1.14 bits per heavy atom. The molecule has 1 N–H and O–H groups in total. The Morgan fingerprint density at radius 3 is 1.71 bits per heavy atom. The Bertz CT molecular complexity index is 654. The van der Waals surface area contributed by atoms with Gasteiger partial charge < -0.3 is 5.32 Å². The van der Waals surface area contributed by atoms with Crippen LogP contribution in [0.4, 0.5) is 5.69 Å². The van der Waals surface area contributed by atoms with Crippen LogP contribution in [0, 0.1) is 0 Å². The molecule has 0 aromatic heterocycles. The molecule has 0 fully saturated rings. The van der Waals surface area contributed by atoms with Gasteiger partial charge in [-0.25, -0.2) is 0 Å². The van der Waals surface area contributed by atoms with Gasteiger partial charge in [0.25, 0.3) is 0 Å².